The summed E-state index contributed by atoms with van der Waals surface area (Å²) in [7, 11) is 0. The van der Waals surface area contributed by atoms with Gasteiger partial charge in [0.25, 0.3) is 5.91 Å². The molecule has 0 spiro atoms. The molecule has 3 heterocycles. The maximum atomic E-state index is 12.2. The lowest BCUT2D eigenvalue weighted by molar-refractivity contribution is -0.114. The van der Waals surface area contributed by atoms with Crippen molar-refractivity contribution in [1.29, 1.82) is 0 Å². The molecule has 0 aromatic rings. The molecular weight excluding hydrogens is 352 g/mol. The minimum absolute atomic E-state index is 0.117. The van der Waals surface area contributed by atoms with E-state index in [9.17, 15) is 4.79 Å². The molecule has 0 radical (unpaired) electrons. The van der Waals surface area contributed by atoms with Gasteiger partial charge >= 0.3 is 0 Å². The molecule has 0 bridgehead atoms. The van der Waals surface area contributed by atoms with Gasteiger partial charge in [-0.25, -0.2) is 0 Å². The molecule has 28 heavy (non-hydrogen) atoms. The van der Waals surface area contributed by atoms with Gasteiger partial charge in [-0.05, 0) is 49.3 Å². The Balaban J connectivity index is 1.44. The van der Waals surface area contributed by atoms with E-state index in [1.807, 2.05) is 6.08 Å². The van der Waals surface area contributed by atoms with Crippen LogP contribution in [0.1, 0.15) is 39.0 Å². The van der Waals surface area contributed by atoms with Crippen molar-refractivity contribution in [3.05, 3.63) is 46.8 Å². The van der Waals surface area contributed by atoms with Crippen LogP contribution in [0.3, 0.4) is 0 Å². The van der Waals surface area contributed by atoms with Crippen molar-refractivity contribution in [3.8, 4) is 0 Å². The number of fused-ring (bicyclic) bond motifs is 1. The number of piperidine rings is 1. The molecule has 2 saturated heterocycles. The zero-order valence-electron chi connectivity index (χ0n) is 16.7. The van der Waals surface area contributed by atoms with E-state index < -0.39 is 0 Å². The lowest BCUT2D eigenvalue weighted by atomic mass is 9.91. The van der Waals surface area contributed by atoms with Crippen LogP contribution in [-0.2, 0) is 9.53 Å². The summed E-state index contributed by atoms with van der Waals surface area (Å²) in [6.45, 7) is 5.73. The van der Waals surface area contributed by atoms with E-state index in [0.29, 0.717) is 17.7 Å². The smallest absolute Gasteiger partial charge is 0.252 e. The van der Waals surface area contributed by atoms with Crippen molar-refractivity contribution in [2.24, 2.45) is 5.73 Å². The number of nitrogens with two attached hydrogens (primary N) is 1. The standard InChI is InChI=1S/C22H32N4O2/c1-2-15-3-4-20-16(13-15)14-19(21(23)27)22(25-20)26-9-5-17(6-10-26)24-18-7-11-28-12-8-18/h3-4,13-14,17-18,20,24-25H,2,5-12H2,1H3,(H2,23,27). The summed E-state index contributed by atoms with van der Waals surface area (Å²) in [6, 6.07) is 1.23. The molecule has 152 valence electrons. The molecule has 0 aromatic carbocycles. The number of primary amides is 1. The van der Waals surface area contributed by atoms with Crippen molar-refractivity contribution < 1.29 is 9.53 Å². The van der Waals surface area contributed by atoms with Gasteiger partial charge in [-0.3, -0.25) is 4.79 Å². The number of rotatable bonds is 5. The van der Waals surface area contributed by atoms with Crippen LogP contribution in [0.2, 0.25) is 0 Å². The molecule has 1 atom stereocenters. The molecule has 1 amide bonds. The second kappa shape index (κ2) is 8.53. The third-order valence-corrected chi connectivity index (χ3v) is 6.25. The maximum Gasteiger partial charge on any atom is 0.252 e. The van der Waals surface area contributed by atoms with E-state index in [1.165, 1.54) is 5.57 Å². The highest BCUT2D eigenvalue weighted by Crippen LogP contribution is 2.28. The number of carbonyl (C=O) groups is 1. The first kappa shape index (κ1) is 19.3. The van der Waals surface area contributed by atoms with Crippen LogP contribution in [0.25, 0.3) is 0 Å². The fourth-order valence-electron chi connectivity index (χ4n) is 4.54. The van der Waals surface area contributed by atoms with Crippen LogP contribution in [0.4, 0.5) is 0 Å². The summed E-state index contributed by atoms with van der Waals surface area (Å²) in [5, 5.41) is 7.37. The van der Waals surface area contributed by atoms with Gasteiger partial charge in [0.05, 0.1) is 11.6 Å². The third kappa shape index (κ3) is 4.18. The van der Waals surface area contributed by atoms with Gasteiger partial charge in [-0.1, -0.05) is 25.2 Å². The molecule has 1 aliphatic carbocycles. The normalized spacial score (nSPS) is 26.5. The summed E-state index contributed by atoms with van der Waals surface area (Å²) < 4.78 is 5.46. The Morgan fingerprint density at radius 1 is 1.21 bits per heavy atom. The Hall–Kier alpha value is -2.05. The molecule has 6 heteroatoms. The zero-order chi connectivity index (χ0) is 19.5. The minimum Gasteiger partial charge on any atom is -0.381 e. The third-order valence-electron chi connectivity index (χ3n) is 6.25. The summed E-state index contributed by atoms with van der Waals surface area (Å²) in [4.78, 5) is 14.4. The predicted octanol–water partition coefficient (Wildman–Crippen LogP) is 1.72. The van der Waals surface area contributed by atoms with Crippen LogP contribution in [-0.4, -0.2) is 55.2 Å². The fourth-order valence-corrected chi connectivity index (χ4v) is 4.54. The Bertz CT molecular complexity index is 723. The lowest BCUT2D eigenvalue weighted by Gasteiger charge is -2.40. The van der Waals surface area contributed by atoms with E-state index in [2.05, 4.69) is 40.7 Å². The number of allylic oxidation sites excluding steroid dienone is 2. The molecule has 2 fully saturated rings. The van der Waals surface area contributed by atoms with Crippen molar-refractivity contribution in [2.45, 2.75) is 57.2 Å². The molecule has 0 aromatic heterocycles. The van der Waals surface area contributed by atoms with Crippen molar-refractivity contribution in [3.63, 3.8) is 0 Å². The number of likely N-dealkylation sites (tertiary alicyclic amines) is 1. The fraction of sp³-hybridized carbons (Fsp3) is 0.591. The Morgan fingerprint density at radius 3 is 2.61 bits per heavy atom. The number of nitrogens with zero attached hydrogens (tertiary/aromatic N) is 1. The number of dihydropyridines is 1. The lowest BCUT2D eigenvalue weighted by Crippen LogP contribution is -2.50. The zero-order valence-corrected chi connectivity index (χ0v) is 16.7. The number of nitrogens with one attached hydrogen (secondary N) is 2. The molecule has 4 N–H and O–H groups in total. The number of carbonyl (C=O) groups excluding carboxylic acids is 1. The van der Waals surface area contributed by atoms with Gasteiger partial charge in [0.1, 0.15) is 5.82 Å². The molecule has 4 aliphatic rings. The summed E-state index contributed by atoms with van der Waals surface area (Å²) in [5.74, 6) is 0.528. The molecular formula is C22H32N4O2. The summed E-state index contributed by atoms with van der Waals surface area (Å²) in [6.07, 6.45) is 13.8. The Labute approximate surface area is 167 Å². The number of hydrogen-bond acceptors (Lipinski definition) is 5. The quantitative estimate of drug-likeness (QED) is 0.673. The van der Waals surface area contributed by atoms with Gasteiger partial charge in [0.15, 0.2) is 0 Å². The summed E-state index contributed by atoms with van der Waals surface area (Å²) in [5.41, 5.74) is 8.73. The average molecular weight is 385 g/mol. The van der Waals surface area contributed by atoms with Crippen LogP contribution in [0.15, 0.2) is 46.8 Å². The first-order valence-electron chi connectivity index (χ1n) is 10.6. The first-order chi connectivity index (χ1) is 13.6. The van der Waals surface area contributed by atoms with Gasteiger partial charge in [-0.2, -0.15) is 0 Å². The van der Waals surface area contributed by atoms with Gasteiger partial charge in [0, 0.05) is 38.4 Å². The van der Waals surface area contributed by atoms with E-state index >= 15 is 0 Å². The topological polar surface area (TPSA) is 79.6 Å². The molecule has 0 saturated carbocycles. The van der Waals surface area contributed by atoms with Crippen LogP contribution in [0.5, 0.6) is 0 Å². The average Bonchev–Trinajstić information content (AvgIpc) is 2.73. The van der Waals surface area contributed by atoms with Gasteiger partial charge in [0.2, 0.25) is 0 Å². The molecule has 3 aliphatic heterocycles. The van der Waals surface area contributed by atoms with Crippen molar-refractivity contribution in [2.75, 3.05) is 26.3 Å². The largest absolute Gasteiger partial charge is 0.381 e. The number of amides is 1. The van der Waals surface area contributed by atoms with Crippen molar-refractivity contribution >= 4 is 5.91 Å². The monoisotopic (exact) mass is 384 g/mol. The predicted molar refractivity (Wildman–Crippen MR) is 110 cm³/mol. The highest BCUT2D eigenvalue weighted by Gasteiger charge is 2.30. The number of hydrogen-bond donors (Lipinski definition) is 3. The Kier molecular flexibility index (Phi) is 5.87. The van der Waals surface area contributed by atoms with Gasteiger partial charge in [-0.15, -0.1) is 0 Å². The van der Waals surface area contributed by atoms with Crippen LogP contribution < -0.4 is 16.4 Å². The summed E-state index contributed by atoms with van der Waals surface area (Å²) >= 11 is 0. The van der Waals surface area contributed by atoms with Crippen molar-refractivity contribution in [1.82, 2.24) is 15.5 Å². The van der Waals surface area contributed by atoms with Gasteiger partial charge < -0.3 is 26.0 Å². The van der Waals surface area contributed by atoms with E-state index in [0.717, 1.165) is 69.8 Å². The first-order valence-corrected chi connectivity index (χ1v) is 10.6. The highest BCUT2D eigenvalue weighted by molar-refractivity contribution is 5.96. The number of ether oxygens (including phenoxy) is 1. The Morgan fingerprint density at radius 2 is 1.93 bits per heavy atom. The maximum absolute atomic E-state index is 12.2. The minimum atomic E-state index is -0.364. The second-order valence-electron chi connectivity index (χ2n) is 8.14. The molecule has 6 nitrogen and oxygen atoms in total. The van der Waals surface area contributed by atoms with E-state index in [4.69, 9.17) is 10.5 Å². The molecule has 1 unspecified atom stereocenters. The SMILES string of the molecule is CCC1=CC2=CC(C(N)=O)=C(N3CCC(NC4CCOCC4)CC3)NC2C=C1. The molecule has 4 rings (SSSR count). The van der Waals surface area contributed by atoms with E-state index in [1.54, 1.807) is 0 Å². The van der Waals surface area contributed by atoms with Crippen LogP contribution >= 0.6 is 0 Å². The second-order valence-corrected chi connectivity index (χ2v) is 8.14. The van der Waals surface area contributed by atoms with Crippen LogP contribution in [0, 0.1) is 0 Å². The highest BCUT2D eigenvalue weighted by atomic mass is 16.5. The van der Waals surface area contributed by atoms with E-state index in [-0.39, 0.29) is 11.9 Å².